The van der Waals surface area contributed by atoms with Gasteiger partial charge in [-0.3, -0.25) is 9.59 Å². The van der Waals surface area contributed by atoms with E-state index in [0.717, 1.165) is 18.8 Å². The molecule has 7 nitrogen and oxygen atoms in total. The highest BCUT2D eigenvalue weighted by molar-refractivity contribution is 6.30. The number of methoxy groups -OCH3 is 1. The van der Waals surface area contributed by atoms with Crippen LogP contribution >= 0.6 is 11.6 Å². The fourth-order valence-corrected chi connectivity index (χ4v) is 3.45. The number of rotatable bonds is 7. The summed E-state index contributed by atoms with van der Waals surface area (Å²) in [6, 6.07) is 12.6. The molecule has 0 unspecified atom stereocenters. The Hall–Kier alpha value is -2.93. The van der Waals surface area contributed by atoms with E-state index in [1.807, 2.05) is 31.2 Å². The highest BCUT2D eigenvalue weighted by Crippen LogP contribution is 2.28. The minimum absolute atomic E-state index is 0.0459. The number of nitrogens with one attached hydrogen (secondary N) is 1. The predicted octanol–water partition coefficient (Wildman–Crippen LogP) is 2.83. The van der Waals surface area contributed by atoms with Crippen molar-refractivity contribution in [1.82, 2.24) is 10.2 Å². The Bertz CT molecular complexity index is 880. The van der Waals surface area contributed by atoms with E-state index in [1.165, 1.54) is 0 Å². The van der Waals surface area contributed by atoms with Crippen molar-refractivity contribution < 1.29 is 19.1 Å². The van der Waals surface area contributed by atoms with Crippen LogP contribution in [0.25, 0.3) is 0 Å². The quantitative estimate of drug-likeness (QED) is 0.730. The van der Waals surface area contributed by atoms with Gasteiger partial charge in [0.15, 0.2) is 11.5 Å². The lowest BCUT2D eigenvalue weighted by Gasteiger charge is -2.36. The van der Waals surface area contributed by atoms with Gasteiger partial charge in [0.25, 0.3) is 5.91 Å². The molecule has 8 heteroatoms. The molecule has 1 aliphatic rings. The summed E-state index contributed by atoms with van der Waals surface area (Å²) in [6.07, 6.45) is 0. The van der Waals surface area contributed by atoms with Crippen molar-refractivity contribution in [3.8, 4) is 11.5 Å². The summed E-state index contributed by atoms with van der Waals surface area (Å²) in [6.45, 7) is 4.95. The molecule has 0 saturated carbocycles. The number of halogens is 1. The van der Waals surface area contributed by atoms with Gasteiger partial charge in [0.1, 0.15) is 0 Å². The van der Waals surface area contributed by atoms with Crippen LogP contribution in [-0.2, 0) is 4.79 Å². The summed E-state index contributed by atoms with van der Waals surface area (Å²) in [7, 11) is 1.54. The number of anilines is 1. The zero-order valence-corrected chi connectivity index (χ0v) is 17.9. The topological polar surface area (TPSA) is 71.1 Å². The van der Waals surface area contributed by atoms with Crippen LogP contribution in [0.3, 0.4) is 0 Å². The molecular weight excluding hydrogens is 406 g/mol. The van der Waals surface area contributed by atoms with Crippen LogP contribution in [0.15, 0.2) is 42.5 Å². The summed E-state index contributed by atoms with van der Waals surface area (Å²) >= 11 is 5.94. The lowest BCUT2D eigenvalue weighted by Crippen LogP contribution is -2.51. The number of benzene rings is 2. The van der Waals surface area contributed by atoms with Gasteiger partial charge in [-0.05, 0) is 49.4 Å². The number of carbonyl (C=O) groups is 2. The molecule has 0 aromatic heterocycles. The highest BCUT2D eigenvalue weighted by Gasteiger charge is 2.22. The van der Waals surface area contributed by atoms with Crippen molar-refractivity contribution in [2.24, 2.45) is 0 Å². The van der Waals surface area contributed by atoms with Crippen molar-refractivity contribution in [3.63, 3.8) is 0 Å². The molecular formula is C22H26ClN3O4. The number of hydrogen-bond donors (Lipinski definition) is 1. The molecule has 1 N–H and O–H groups in total. The Kier molecular flexibility index (Phi) is 7.41. The van der Waals surface area contributed by atoms with Crippen molar-refractivity contribution in [2.75, 3.05) is 51.3 Å². The number of amides is 2. The van der Waals surface area contributed by atoms with E-state index in [4.69, 9.17) is 21.1 Å². The minimum atomic E-state index is -0.327. The number of nitrogens with zero attached hydrogens (tertiary/aromatic N) is 2. The van der Waals surface area contributed by atoms with E-state index in [2.05, 4.69) is 10.2 Å². The summed E-state index contributed by atoms with van der Waals surface area (Å²) in [5, 5.41) is 3.40. The fraction of sp³-hybridized carbons (Fsp3) is 0.364. The average Bonchev–Trinajstić information content (AvgIpc) is 2.78. The molecule has 0 aliphatic carbocycles. The van der Waals surface area contributed by atoms with Gasteiger partial charge in [-0.15, -0.1) is 0 Å². The maximum Gasteiger partial charge on any atom is 0.251 e. The lowest BCUT2D eigenvalue weighted by molar-refractivity contribution is -0.130. The monoisotopic (exact) mass is 431 g/mol. The standard InChI is InChI=1S/C22H26ClN3O4/c1-3-30-20-14-16(4-9-19(20)29-2)22(28)24-15-21(27)26-12-10-25(11-13-26)18-7-5-17(23)6-8-18/h4-9,14H,3,10-13,15H2,1-2H3,(H,24,28). The molecule has 2 aromatic carbocycles. The first-order valence-corrected chi connectivity index (χ1v) is 10.3. The molecule has 1 aliphatic heterocycles. The number of carbonyl (C=O) groups excluding carboxylic acids is 2. The smallest absolute Gasteiger partial charge is 0.251 e. The number of hydrogen-bond acceptors (Lipinski definition) is 5. The highest BCUT2D eigenvalue weighted by atomic mass is 35.5. The molecule has 2 aromatic rings. The Morgan fingerprint density at radius 1 is 1.03 bits per heavy atom. The lowest BCUT2D eigenvalue weighted by atomic mass is 10.2. The van der Waals surface area contributed by atoms with Crippen LogP contribution < -0.4 is 19.7 Å². The average molecular weight is 432 g/mol. The second-order valence-corrected chi connectivity index (χ2v) is 7.26. The van der Waals surface area contributed by atoms with Crippen LogP contribution in [0.1, 0.15) is 17.3 Å². The Morgan fingerprint density at radius 3 is 2.37 bits per heavy atom. The third-order valence-corrected chi connectivity index (χ3v) is 5.20. The number of piperazine rings is 1. The van der Waals surface area contributed by atoms with Gasteiger partial charge < -0.3 is 24.6 Å². The van der Waals surface area contributed by atoms with Crippen LogP contribution in [-0.4, -0.2) is 63.2 Å². The molecule has 1 fully saturated rings. The van der Waals surface area contributed by atoms with E-state index in [-0.39, 0.29) is 18.4 Å². The molecule has 0 bridgehead atoms. The van der Waals surface area contributed by atoms with E-state index >= 15 is 0 Å². The van der Waals surface area contributed by atoms with Crippen molar-refractivity contribution in [3.05, 3.63) is 53.1 Å². The van der Waals surface area contributed by atoms with Crippen LogP contribution in [0, 0.1) is 0 Å². The molecule has 30 heavy (non-hydrogen) atoms. The van der Waals surface area contributed by atoms with Gasteiger partial charge in [0, 0.05) is 42.5 Å². The summed E-state index contributed by atoms with van der Waals surface area (Å²) < 4.78 is 10.7. The zero-order chi connectivity index (χ0) is 21.5. The Labute approximate surface area is 181 Å². The molecule has 0 atom stereocenters. The van der Waals surface area contributed by atoms with E-state index in [0.29, 0.717) is 41.8 Å². The van der Waals surface area contributed by atoms with E-state index in [9.17, 15) is 9.59 Å². The molecule has 3 rings (SSSR count). The second-order valence-electron chi connectivity index (χ2n) is 6.83. The second kappa shape index (κ2) is 10.2. The third-order valence-electron chi connectivity index (χ3n) is 4.95. The summed E-state index contributed by atoms with van der Waals surface area (Å²) in [5.41, 5.74) is 1.50. The maximum atomic E-state index is 12.5. The van der Waals surface area contributed by atoms with E-state index in [1.54, 1.807) is 30.2 Å². The van der Waals surface area contributed by atoms with Gasteiger partial charge >= 0.3 is 0 Å². The summed E-state index contributed by atoms with van der Waals surface area (Å²) in [4.78, 5) is 29.0. The first-order valence-electron chi connectivity index (χ1n) is 9.89. The van der Waals surface area contributed by atoms with Gasteiger partial charge in [-0.1, -0.05) is 11.6 Å². The molecule has 2 amide bonds. The Morgan fingerprint density at radius 2 is 1.73 bits per heavy atom. The molecule has 1 saturated heterocycles. The SMILES string of the molecule is CCOc1cc(C(=O)NCC(=O)N2CCN(c3ccc(Cl)cc3)CC2)ccc1OC. The van der Waals surface area contributed by atoms with Crippen molar-refractivity contribution >= 4 is 29.1 Å². The third kappa shape index (κ3) is 5.36. The zero-order valence-electron chi connectivity index (χ0n) is 17.2. The molecule has 1 heterocycles. The van der Waals surface area contributed by atoms with E-state index < -0.39 is 0 Å². The van der Waals surface area contributed by atoms with Crippen LogP contribution in [0.2, 0.25) is 5.02 Å². The summed E-state index contributed by atoms with van der Waals surface area (Å²) in [5.74, 6) is 0.629. The first-order chi connectivity index (χ1) is 14.5. The normalized spacial score (nSPS) is 13.7. The minimum Gasteiger partial charge on any atom is -0.493 e. The Balaban J connectivity index is 1.50. The first kappa shape index (κ1) is 21.8. The van der Waals surface area contributed by atoms with Gasteiger partial charge in [-0.25, -0.2) is 0 Å². The largest absolute Gasteiger partial charge is 0.493 e. The predicted molar refractivity (Wildman–Crippen MR) is 117 cm³/mol. The molecule has 0 radical (unpaired) electrons. The van der Waals surface area contributed by atoms with Crippen LogP contribution in [0.5, 0.6) is 11.5 Å². The van der Waals surface area contributed by atoms with Gasteiger partial charge in [0.05, 0.1) is 20.3 Å². The van der Waals surface area contributed by atoms with Crippen LogP contribution in [0.4, 0.5) is 5.69 Å². The fourth-order valence-electron chi connectivity index (χ4n) is 3.32. The van der Waals surface area contributed by atoms with Crippen molar-refractivity contribution in [1.29, 1.82) is 0 Å². The number of ether oxygens (including phenoxy) is 2. The van der Waals surface area contributed by atoms with Gasteiger partial charge in [-0.2, -0.15) is 0 Å². The maximum absolute atomic E-state index is 12.5. The molecule has 160 valence electrons. The van der Waals surface area contributed by atoms with Gasteiger partial charge in [0.2, 0.25) is 5.91 Å². The molecule has 0 spiro atoms. The van der Waals surface area contributed by atoms with Crippen molar-refractivity contribution in [2.45, 2.75) is 6.92 Å².